The van der Waals surface area contributed by atoms with E-state index < -0.39 is 0 Å². The molecular weight excluding hydrogens is 232 g/mol. The van der Waals surface area contributed by atoms with Gasteiger partial charge in [-0.05, 0) is 37.2 Å². The molecule has 1 aromatic heterocycles. The quantitative estimate of drug-likeness (QED) is 0.899. The maximum absolute atomic E-state index is 6.24. The molecule has 2 rings (SSSR count). The van der Waals surface area contributed by atoms with Gasteiger partial charge in [0, 0.05) is 16.9 Å². The van der Waals surface area contributed by atoms with Crippen molar-refractivity contribution in [3.63, 3.8) is 0 Å². The van der Waals surface area contributed by atoms with Crippen LogP contribution >= 0.6 is 11.6 Å². The molecule has 3 heteroatoms. The highest BCUT2D eigenvalue weighted by atomic mass is 35.5. The van der Waals surface area contributed by atoms with E-state index in [1.54, 1.807) is 6.20 Å². The van der Waals surface area contributed by atoms with Crippen LogP contribution in [0.4, 0.5) is 0 Å². The summed E-state index contributed by atoms with van der Waals surface area (Å²) in [6.45, 7) is 2.01. The highest BCUT2D eigenvalue weighted by Crippen LogP contribution is 2.28. The van der Waals surface area contributed by atoms with E-state index in [0.717, 1.165) is 21.8 Å². The Hall–Kier alpha value is -1.38. The Morgan fingerprint density at radius 2 is 1.82 bits per heavy atom. The van der Waals surface area contributed by atoms with Gasteiger partial charge in [-0.1, -0.05) is 35.9 Å². The summed E-state index contributed by atoms with van der Waals surface area (Å²) < 4.78 is 0. The average molecular weight is 247 g/mol. The predicted octanol–water partition coefficient (Wildman–Crippen LogP) is 3.35. The SMILES string of the molecule is CNC(c1ccccc1Cl)c1cccnc1C. The molecular formula is C14H15ClN2. The number of nitrogens with one attached hydrogen (secondary N) is 1. The van der Waals surface area contributed by atoms with E-state index in [9.17, 15) is 0 Å². The van der Waals surface area contributed by atoms with Crippen molar-refractivity contribution < 1.29 is 0 Å². The molecule has 0 spiro atoms. The van der Waals surface area contributed by atoms with Gasteiger partial charge in [-0.2, -0.15) is 0 Å². The minimum absolute atomic E-state index is 0.0809. The maximum Gasteiger partial charge on any atom is 0.0606 e. The van der Waals surface area contributed by atoms with Crippen LogP contribution in [0.3, 0.4) is 0 Å². The molecule has 2 nitrogen and oxygen atoms in total. The van der Waals surface area contributed by atoms with Gasteiger partial charge in [0.15, 0.2) is 0 Å². The summed E-state index contributed by atoms with van der Waals surface area (Å²) in [5, 5.41) is 4.07. The van der Waals surface area contributed by atoms with Crippen LogP contribution in [0.2, 0.25) is 5.02 Å². The summed E-state index contributed by atoms with van der Waals surface area (Å²) in [5.74, 6) is 0. The first-order valence-electron chi connectivity index (χ1n) is 5.57. The van der Waals surface area contributed by atoms with Crippen molar-refractivity contribution in [2.45, 2.75) is 13.0 Å². The van der Waals surface area contributed by atoms with Gasteiger partial charge in [-0.15, -0.1) is 0 Å². The van der Waals surface area contributed by atoms with E-state index >= 15 is 0 Å². The number of pyridine rings is 1. The Balaban J connectivity index is 2.48. The highest BCUT2D eigenvalue weighted by molar-refractivity contribution is 6.31. The molecule has 0 bridgehead atoms. The molecule has 0 radical (unpaired) electrons. The maximum atomic E-state index is 6.24. The van der Waals surface area contributed by atoms with E-state index in [1.807, 2.05) is 44.3 Å². The zero-order chi connectivity index (χ0) is 12.3. The molecule has 17 heavy (non-hydrogen) atoms. The van der Waals surface area contributed by atoms with Crippen molar-refractivity contribution in [2.75, 3.05) is 7.05 Å². The van der Waals surface area contributed by atoms with E-state index in [1.165, 1.54) is 0 Å². The van der Waals surface area contributed by atoms with Gasteiger partial charge >= 0.3 is 0 Å². The molecule has 0 saturated carbocycles. The van der Waals surface area contributed by atoms with Crippen molar-refractivity contribution in [3.8, 4) is 0 Å². The first kappa shape index (κ1) is 12.1. The molecule has 1 N–H and O–H groups in total. The molecule has 0 aliphatic rings. The van der Waals surface area contributed by atoms with Crippen LogP contribution in [-0.2, 0) is 0 Å². The second kappa shape index (κ2) is 5.30. The Kier molecular flexibility index (Phi) is 3.77. The van der Waals surface area contributed by atoms with Gasteiger partial charge < -0.3 is 5.32 Å². The average Bonchev–Trinajstić information content (AvgIpc) is 2.34. The van der Waals surface area contributed by atoms with Gasteiger partial charge in [-0.3, -0.25) is 4.98 Å². The monoisotopic (exact) mass is 246 g/mol. The molecule has 0 fully saturated rings. The normalized spacial score (nSPS) is 12.4. The summed E-state index contributed by atoms with van der Waals surface area (Å²) in [6.07, 6.45) is 1.80. The fourth-order valence-corrected chi connectivity index (χ4v) is 2.23. The van der Waals surface area contributed by atoms with E-state index in [0.29, 0.717) is 0 Å². The van der Waals surface area contributed by atoms with Crippen molar-refractivity contribution in [3.05, 3.63) is 64.4 Å². The lowest BCUT2D eigenvalue weighted by atomic mass is 9.98. The zero-order valence-electron chi connectivity index (χ0n) is 9.94. The topological polar surface area (TPSA) is 24.9 Å². The molecule has 1 aromatic carbocycles. The first-order chi connectivity index (χ1) is 8.24. The van der Waals surface area contributed by atoms with Crippen LogP contribution in [0.25, 0.3) is 0 Å². The number of aryl methyl sites for hydroxylation is 1. The summed E-state index contributed by atoms with van der Waals surface area (Å²) in [7, 11) is 1.93. The van der Waals surface area contributed by atoms with E-state index in [4.69, 9.17) is 11.6 Å². The van der Waals surface area contributed by atoms with Crippen LogP contribution in [0, 0.1) is 6.92 Å². The van der Waals surface area contributed by atoms with Crippen LogP contribution in [-0.4, -0.2) is 12.0 Å². The Labute approximate surface area is 107 Å². The third-order valence-electron chi connectivity index (χ3n) is 2.86. The number of hydrogen-bond acceptors (Lipinski definition) is 2. The third-order valence-corrected chi connectivity index (χ3v) is 3.21. The molecule has 0 saturated heterocycles. The lowest BCUT2D eigenvalue weighted by molar-refractivity contribution is 0.683. The second-order valence-corrected chi connectivity index (χ2v) is 4.33. The van der Waals surface area contributed by atoms with Gasteiger partial charge in [-0.25, -0.2) is 0 Å². The number of aromatic nitrogens is 1. The van der Waals surface area contributed by atoms with E-state index in [2.05, 4.69) is 16.4 Å². The van der Waals surface area contributed by atoms with Gasteiger partial charge in [0.1, 0.15) is 0 Å². The molecule has 0 aliphatic heterocycles. The number of nitrogens with zero attached hydrogens (tertiary/aromatic N) is 1. The van der Waals surface area contributed by atoms with Crippen molar-refractivity contribution in [1.82, 2.24) is 10.3 Å². The summed E-state index contributed by atoms with van der Waals surface area (Å²) in [5.41, 5.74) is 3.25. The molecule has 1 atom stereocenters. The minimum Gasteiger partial charge on any atom is -0.309 e. The Morgan fingerprint density at radius 3 is 2.47 bits per heavy atom. The number of halogens is 1. The molecule has 2 aromatic rings. The van der Waals surface area contributed by atoms with Crippen molar-refractivity contribution in [2.24, 2.45) is 0 Å². The van der Waals surface area contributed by atoms with Gasteiger partial charge in [0.05, 0.1) is 6.04 Å². The van der Waals surface area contributed by atoms with Crippen LogP contribution in [0.5, 0.6) is 0 Å². The van der Waals surface area contributed by atoms with Crippen LogP contribution in [0.1, 0.15) is 22.9 Å². The Bertz CT molecular complexity index is 466. The highest BCUT2D eigenvalue weighted by Gasteiger charge is 2.16. The fourth-order valence-electron chi connectivity index (χ4n) is 1.99. The number of benzene rings is 1. The summed E-state index contributed by atoms with van der Waals surface area (Å²) in [4.78, 5) is 4.32. The molecule has 0 aliphatic carbocycles. The van der Waals surface area contributed by atoms with Crippen LogP contribution < -0.4 is 5.32 Å². The number of hydrogen-bond donors (Lipinski definition) is 1. The first-order valence-corrected chi connectivity index (χ1v) is 5.95. The molecule has 88 valence electrons. The second-order valence-electron chi connectivity index (χ2n) is 3.92. The molecule has 1 unspecified atom stereocenters. The standard InChI is InChI=1S/C14H15ClN2/c1-10-11(7-5-9-17-10)14(16-2)12-6-3-4-8-13(12)15/h3-9,14,16H,1-2H3. The zero-order valence-corrected chi connectivity index (χ0v) is 10.7. The van der Waals surface area contributed by atoms with Gasteiger partial charge in [0.2, 0.25) is 0 Å². The third kappa shape index (κ3) is 2.48. The van der Waals surface area contributed by atoms with E-state index in [-0.39, 0.29) is 6.04 Å². The molecule has 1 heterocycles. The lowest BCUT2D eigenvalue weighted by Crippen LogP contribution is -2.19. The predicted molar refractivity (Wildman–Crippen MR) is 71.3 cm³/mol. The van der Waals surface area contributed by atoms with Crippen LogP contribution in [0.15, 0.2) is 42.6 Å². The number of rotatable bonds is 3. The largest absolute Gasteiger partial charge is 0.309 e. The molecule has 0 amide bonds. The summed E-state index contributed by atoms with van der Waals surface area (Å²) >= 11 is 6.24. The van der Waals surface area contributed by atoms with Crippen molar-refractivity contribution in [1.29, 1.82) is 0 Å². The van der Waals surface area contributed by atoms with Gasteiger partial charge in [0.25, 0.3) is 0 Å². The lowest BCUT2D eigenvalue weighted by Gasteiger charge is -2.19. The smallest absolute Gasteiger partial charge is 0.0606 e. The Morgan fingerprint density at radius 1 is 1.12 bits per heavy atom. The fraction of sp³-hybridized carbons (Fsp3) is 0.214. The van der Waals surface area contributed by atoms with Crippen molar-refractivity contribution >= 4 is 11.6 Å². The minimum atomic E-state index is 0.0809. The summed E-state index contributed by atoms with van der Waals surface area (Å²) in [6, 6.07) is 12.0.